The minimum Gasteiger partial charge on any atom is -0.493 e. The fraction of sp³-hybridized carbons (Fsp3) is 0.185. The van der Waals surface area contributed by atoms with Crippen LogP contribution in [0.5, 0.6) is 5.75 Å². The van der Waals surface area contributed by atoms with Crippen LogP contribution in [0.3, 0.4) is 0 Å². The Morgan fingerprint density at radius 3 is 1.68 bits per heavy atom. The van der Waals surface area contributed by atoms with Crippen molar-refractivity contribution in [3.63, 3.8) is 0 Å². The topological polar surface area (TPSA) is 9.23 Å². The summed E-state index contributed by atoms with van der Waals surface area (Å²) in [7, 11) is 0. The zero-order valence-corrected chi connectivity index (χ0v) is 17.2. The van der Waals surface area contributed by atoms with Crippen LogP contribution in [0.4, 0.5) is 13.2 Å². The molecule has 0 saturated carbocycles. The van der Waals surface area contributed by atoms with Crippen LogP contribution in [0.1, 0.15) is 24.0 Å². The van der Waals surface area contributed by atoms with Gasteiger partial charge in [0, 0.05) is 5.41 Å². The molecule has 0 aliphatic carbocycles. The number of halogens is 3. The van der Waals surface area contributed by atoms with Gasteiger partial charge in [-0.15, -0.1) is 13.2 Å². The molecule has 1 nitrogen and oxygen atoms in total. The van der Waals surface area contributed by atoms with Crippen LogP contribution in [0.15, 0.2) is 104 Å². The van der Waals surface area contributed by atoms with E-state index in [-0.39, 0.29) is 5.41 Å². The van der Waals surface area contributed by atoms with Gasteiger partial charge in [0.05, 0.1) is 12.2 Å². The minimum atomic E-state index is -4.33. The Morgan fingerprint density at radius 2 is 1.19 bits per heavy atom. The number of hydrogen-bond donors (Lipinski definition) is 0. The maximum Gasteiger partial charge on any atom is 0.416 e. The van der Waals surface area contributed by atoms with Crippen LogP contribution in [0, 0.1) is 0 Å². The average molecular weight is 422 g/mol. The van der Waals surface area contributed by atoms with Crippen molar-refractivity contribution in [1.82, 2.24) is 0 Å². The summed E-state index contributed by atoms with van der Waals surface area (Å²) in [6.07, 6.45) is 0.943. The van der Waals surface area contributed by atoms with Crippen molar-refractivity contribution in [2.75, 3.05) is 6.61 Å². The molecule has 3 aromatic carbocycles. The highest BCUT2D eigenvalue weighted by Gasteiger charge is 2.31. The SMILES string of the molecule is C=CCC(CC=C)(COc1ccc(-c2ccc(C(F)(F)F)cc2)cc1)c1ccccc1. The smallest absolute Gasteiger partial charge is 0.416 e. The summed E-state index contributed by atoms with van der Waals surface area (Å²) in [5.74, 6) is 0.698. The molecule has 31 heavy (non-hydrogen) atoms. The predicted octanol–water partition coefficient (Wildman–Crippen LogP) is 7.84. The highest BCUT2D eigenvalue weighted by molar-refractivity contribution is 5.64. The second-order valence-electron chi connectivity index (χ2n) is 7.52. The van der Waals surface area contributed by atoms with E-state index in [1.54, 1.807) is 0 Å². The number of alkyl halides is 3. The van der Waals surface area contributed by atoms with E-state index < -0.39 is 11.7 Å². The quantitative estimate of drug-likeness (QED) is 0.319. The molecule has 0 heterocycles. The molecule has 0 saturated heterocycles. The third-order valence-electron chi connectivity index (χ3n) is 5.37. The van der Waals surface area contributed by atoms with Crippen molar-refractivity contribution in [3.05, 3.63) is 115 Å². The lowest BCUT2D eigenvalue weighted by atomic mass is 9.75. The summed E-state index contributed by atoms with van der Waals surface area (Å²) < 4.78 is 44.4. The van der Waals surface area contributed by atoms with Crippen molar-refractivity contribution in [2.45, 2.75) is 24.4 Å². The first-order valence-electron chi connectivity index (χ1n) is 10.1. The normalized spacial score (nSPS) is 11.7. The number of ether oxygens (including phenoxy) is 1. The highest BCUT2D eigenvalue weighted by atomic mass is 19.4. The highest BCUT2D eigenvalue weighted by Crippen LogP contribution is 2.35. The van der Waals surface area contributed by atoms with E-state index in [1.165, 1.54) is 12.1 Å². The standard InChI is InChI=1S/C27H25F3O/c1-3-18-26(19-4-2,23-8-6-5-7-9-23)20-31-25-16-12-22(13-17-25)21-10-14-24(15-11-21)27(28,29)30/h3-17H,1-2,18-20H2. The Labute approximate surface area is 181 Å². The molecule has 0 aliphatic rings. The fourth-order valence-corrected chi connectivity index (χ4v) is 3.68. The van der Waals surface area contributed by atoms with Crippen LogP contribution in [-0.4, -0.2) is 6.61 Å². The third kappa shape index (κ3) is 5.46. The molecule has 0 bridgehead atoms. The van der Waals surface area contributed by atoms with Crippen molar-refractivity contribution < 1.29 is 17.9 Å². The zero-order chi connectivity index (χ0) is 22.3. The van der Waals surface area contributed by atoms with Gasteiger partial charge in [0.2, 0.25) is 0 Å². The van der Waals surface area contributed by atoms with Gasteiger partial charge in [-0.2, -0.15) is 13.2 Å². The predicted molar refractivity (Wildman–Crippen MR) is 120 cm³/mol. The van der Waals surface area contributed by atoms with Gasteiger partial charge in [0.1, 0.15) is 5.75 Å². The van der Waals surface area contributed by atoms with E-state index in [2.05, 4.69) is 25.3 Å². The molecule has 4 heteroatoms. The first-order valence-corrected chi connectivity index (χ1v) is 10.1. The van der Waals surface area contributed by atoms with Crippen LogP contribution in [0.25, 0.3) is 11.1 Å². The summed E-state index contributed by atoms with van der Waals surface area (Å²) in [6, 6.07) is 22.7. The lowest BCUT2D eigenvalue weighted by Gasteiger charge is -2.32. The van der Waals surface area contributed by atoms with Gasteiger partial charge in [0.25, 0.3) is 0 Å². The molecule has 160 valence electrons. The average Bonchev–Trinajstić information content (AvgIpc) is 2.78. The van der Waals surface area contributed by atoms with Gasteiger partial charge in [0.15, 0.2) is 0 Å². The summed E-state index contributed by atoms with van der Waals surface area (Å²) >= 11 is 0. The van der Waals surface area contributed by atoms with E-state index in [0.29, 0.717) is 12.4 Å². The summed E-state index contributed by atoms with van der Waals surface area (Å²) in [6.45, 7) is 8.28. The molecule has 0 atom stereocenters. The van der Waals surface area contributed by atoms with E-state index >= 15 is 0 Å². The molecular weight excluding hydrogens is 397 g/mol. The van der Waals surface area contributed by atoms with Crippen molar-refractivity contribution in [2.24, 2.45) is 0 Å². The molecule has 0 fully saturated rings. The Morgan fingerprint density at radius 1 is 0.677 bits per heavy atom. The molecule has 0 aliphatic heterocycles. The van der Waals surface area contributed by atoms with Gasteiger partial charge in [-0.05, 0) is 53.8 Å². The molecule has 3 aromatic rings. The van der Waals surface area contributed by atoms with E-state index in [9.17, 15) is 13.2 Å². The first kappa shape index (κ1) is 22.4. The van der Waals surface area contributed by atoms with Crippen molar-refractivity contribution >= 4 is 0 Å². The van der Waals surface area contributed by atoms with Crippen LogP contribution in [-0.2, 0) is 11.6 Å². The number of hydrogen-bond acceptors (Lipinski definition) is 1. The lowest BCUT2D eigenvalue weighted by molar-refractivity contribution is -0.137. The molecule has 0 N–H and O–H groups in total. The molecule has 0 amide bonds. The molecule has 0 unspecified atom stereocenters. The number of rotatable bonds is 9. The maximum atomic E-state index is 12.8. The summed E-state index contributed by atoms with van der Waals surface area (Å²) in [5, 5.41) is 0. The molecular formula is C27H25F3O. The van der Waals surface area contributed by atoms with Crippen molar-refractivity contribution in [3.8, 4) is 16.9 Å². The Bertz CT molecular complexity index is 977. The van der Waals surface area contributed by atoms with Crippen LogP contribution >= 0.6 is 0 Å². The van der Waals surface area contributed by atoms with Gasteiger partial charge in [-0.1, -0.05) is 66.7 Å². The maximum absolute atomic E-state index is 12.8. The van der Waals surface area contributed by atoms with Crippen LogP contribution in [0.2, 0.25) is 0 Å². The lowest BCUT2D eigenvalue weighted by Crippen LogP contribution is -2.32. The summed E-state index contributed by atoms with van der Waals surface area (Å²) in [4.78, 5) is 0. The summed E-state index contributed by atoms with van der Waals surface area (Å²) in [5.41, 5.74) is 1.79. The minimum absolute atomic E-state index is 0.267. The zero-order valence-electron chi connectivity index (χ0n) is 17.2. The van der Waals surface area contributed by atoms with E-state index in [1.807, 2.05) is 54.6 Å². The number of allylic oxidation sites excluding steroid dienone is 2. The monoisotopic (exact) mass is 422 g/mol. The largest absolute Gasteiger partial charge is 0.493 e. The van der Waals surface area contributed by atoms with E-state index in [0.717, 1.165) is 41.7 Å². The Balaban J connectivity index is 1.76. The fourth-order valence-electron chi connectivity index (χ4n) is 3.68. The molecule has 0 spiro atoms. The Kier molecular flexibility index (Phi) is 7.01. The van der Waals surface area contributed by atoms with Gasteiger partial charge in [-0.3, -0.25) is 0 Å². The van der Waals surface area contributed by atoms with Gasteiger partial charge in [-0.25, -0.2) is 0 Å². The second kappa shape index (κ2) is 9.69. The van der Waals surface area contributed by atoms with Gasteiger partial charge >= 0.3 is 6.18 Å². The number of benzene rings is 3. The van der Waals surface area contributed by atoms with E-state index in [4.69, 9.17) is 4.74 Å². The van der Waals surface area contributed by atoms with Crippen molar-refractivity contribution in [1.29, 1.82) is 0 Å². The Hall–Kier alpha value is -3.27. The van der Waals surface area contributed by atoms with Gasteiger partial charge < -0.3 is 4.74 Å². The molecule has 0 radical (unpaired) electrons. The third-order valence-corrected chi connectivity index (χ3v) is 5.37. The molecule has 0 aromatic heterocycles. The molecule has 3 rings (SSSR count). The first-order chi connectivity index (χ1) is 14.9. The second-order valence-corrected chi connectivity index (χ2v) is 7.52. The van der Waals surface area contributed by atoms with Crippen LogP contribution < -0.4 is 4.74 Å².